The molecule has 4 aromatic rings. The molecule has 2 aromatic heterocycles. The fraction of sp³-hybridized carbons (Fsp3) is 0.105. The zero-order chi connectivity index (χ0) is 18.8. The molecule has 2 aromatic carbocycles. The minimum Gasteiger partial charge on any atom is -0.305 e. The van der Waals surface area contributed by atoms with Crippen LogP contribution in [0, 0.1) is 5.82 Å². The van der Waals surface area contributed by atoms with Crippen LogP contribution in [0.15, 0.2) is 59.1 Å². The number of halogens is 2. The second kappa shape index (κ2) is 7.80. The molecule has 0 saturated carbocycles. The van der Waals surface area contributed by atoms with Crippen molar-refractivity contribution in [1.29, 1.82) is 0 Å². The predicted octanol–water partition coefficient (Wildman–Crippen LogP) is 5.69. The Bertz CT molecular complexity index is 1080. The van der Waals surface area contributed by atoms with Crippen LogP contribution in [0.4, 0.5) is 4.39 Å². The molecule has 0 amide bonds. The van der Waals surface area contributed by atoms with Crippen molar-refractivity contribution in [3.05, 3.63) is 70.4 Å². The highest BCUT2D eigenvalue weighted by atomic mass is 35.5. The van der Waals surface area contributed by atoms with Gasteiger partial charge in [-0.05, 0) is 24.3 Å². The quantitative estimate of drug-likeness (QED) is 0.392. The van der Waals surface area contributed by atoms with E-state index in [0.29, 0.717) is 27.3 Å². The van der Waals surface area contributed by atoms with Gasteiger partial charge in [-0.15, -0.1) is 21.5 Å². The Balaban J connectivity index is 1.49. The van der Waals surface area contributed by atoms with E-state index in [0.717, 1.165) is 16.3 Å². The average Bonchev–Trinajstić information content (AvgIpc) is 3.28. The Labute approximate surface area is 169 Å². The van der Waals surface area contributed by atoms with Crippen LogP contribution in [-0.2, 0) is 12.8 Å². The summed E-state index contributed by atoms with van der Waals surface area (Å²) >= 11 is 9.05. The summed E-state index contributed by atoms with van der Waals surface area (Å²) in [5.74, 6) is 0.861. The number of nitrogens with zero attached hydrogens (tertiary/aromatic N) is 4. The Kier molecular flexibility index (Phi) is 5.24. The maximum atomic E-state index is 14.0. The number of thiazole rings is 1. The minimum atomic E-state index is -0.309. The standard InChI is InChI=1S/C19H14ClFN4S2/c1-25-17(15-4-2-3-5-16(15)21)23-24-19(25)27-11-14-10-26-18(22-14)12-6-8-13(20)9-7-12/h2-10H,11H2,1H3. The average molecular weight is 417 g/mol. The number of thioether (sulfide) groups is 1. The third-order valence-electron chi connectivity index (χ3n) is 3.94. The molecule has 0 atom stereocenters. The van der Waals surface area contributed by atoms with Crippen LogP contribution in [0.25, 0.3) is 22.0 Å². The molecule has 0 aliphatic carbocycles. The van der Waals surface area contributed by atoms with E-state index in [1.54, 1.807) is 34.1 Å². The van der Waals surface area contributed by atoms with Gasteiger partial charge in [-0.25, -0.2) is 9.37 Å². The van der Waals surface area contributed by atoms with E-state index in [1.165, 1.54) is 17.8 Å². The molecule has 136 valence electrons. The summed E-state index contributed by atoms with van der Waals surface area (Å²) < 4.78 is 15.8. The van der Waals surface area contributed by atoms with Crippen LogP contribution in [-0.4, -0.2) is 19.7 Å². The van der Waals surface area contributed by atoms with Gasteiger partial charge >= 0.3 is 0 Å². The highest BCUT2D eigenvalue weighted by Crippen LogP contribution is 2.29. The molecule has 4 nitrogen and oxygen atoms in total. The maximum Gasteiger partial charge on any atom is 0.191 e. The van der Waals surface area contributed by atoms with Crippen molar-refractivity contribution in [3.63, 3.8) is 0 Å². The van der Waals surface area contributed by atoms with Crippen molar-refractivity contribution in [2.45, 2.75) is 10.9 Å². The molecule has 0 N–H and O–H groups in total. The molecular weight excluding hydrogens is 403 g/mol. The first-order valence-corrected chi connectivity index (χ1v) is 10.3. The highest BCUT2D eigenvalue weighted by Gasteiger charge is 2.15. The molecule has 0 radical (unpaired) electrons. The Hall–Kier alpha value is -2.22. The molecule has 0 aliphatic rings. The van der Waals surface area contributed by atoms with Gasteiger partial charge in [0.15, 0.2) is 11.0 Å². The first-order valence-electron chi connectivity index (χ1n) is 8.09. The lowest BCUT2D eigenvalue weighted by molar-refractivity contribution is 0.628. The maximum absolute atomic E-state index is 14.0. The van der Waals surface area contributed by atoms with Gasteiger partial charge < -0.3 is 4.57 Å². The van der Waals surface area contributed by atoms with Crippen LogP contribution < -0.4 is 0 Å². The largest absolute Gasteiger partial charge is 0.305 e. The third-order valence-corrected chi connectivity index (χ3v) is 6.19. The van der Waals surface area contributed by atoms with Gasteiger partial charge in [0.25, 0.3) is 0 Å². The summed E-state index contributed by atoms with van der Waals surface area (Å²) in [6.45, 7) is 0. The summed E-state index contributed by atoms with van der Waals surface area (Å²) in [5, 5.41) is 12.7. The Morgan fingerprint density at radius 1 is 1.11 bits per heavy atom. The fourth-order valence-electron chi connectivity index (χ4n) is 2.55. The van der Waals surface area contributed by atoms with Gasteiger partial charge in [-0.2, -0.15) is 0 Å². The Morgan fingerprint density at radius 3 is 2.67 bits per heavy atom. The van der Waals surface area contributed by atoms with Gasteiger partial charge in [-0.1, -0.05) is 47.6 Å². The molecule has 0 saturated heterocycles. The van der Waals surface area contributed by atoms with Crippen molar-refractivity contribution in [3.8, 4) is 22.0 Å². The second-order valence-electron chi connectivity index (χ2n) is 5.78. The van der Waals surface area contributed by atoms with Gasteiger partial charge in [0.05, 0.1) is 11.3 Å². The molecular formula is C19H14ClFN4S2. The monoisotopic (exact) mass is 416 g/mol. The van der Waals surface area contributed by atoms with Crippen molar-refractivity contribution in [2.24, 2.45) is 7.05 Å². The highest BCUT2D eigenvalue weighted by molar-refractivity contribution is 7.98. The lowest BCUT2D eigenvalue weighted by atomic mass is 10.2. The SMILES string of the molecule is Cn1c(SCc2csc(-c3ccc(Cl)cc3)n2)nnc1-c1ccccc1F. The summed E-state index contributed by atoms with van der Waals surface area (Å²) in [5.41, 5.74) is 2.45. The molecule has 2 heterocycles. The number of benzene rings is 2. The smallest absolute Gasteiger partial charge is 0.191 e. The van der Waals surface area contributed by atoms with Crippen LogP contribution >= 0.6 is 34.7 Å². The van der Waals surface area contributed by atoms with Gasteiger partial charge in [0, 0.05) is 28.8 Å². The van der Waals surface area contributed by atoms with E-state index >= 15 is 0 Å². The molecule has 0 unspecified atom stereocenters. The van der Waals surface area contributed by atoms with Crippen molar-refractivity contribution in [1.82, 2.24) is 19.7 Å². The van der Waals surface area contributed by atoms with Crippen LogP contribution in [0.2, 0.25) is 5.02 Å². The third kappa shape index (κ3) is 3.90. The Morgan fingerprint density at radius 2 is 1.89 bits per heavy atom. The predicted molar refractivity (Wildman–Crippen MR) is 109 cm³/mol. The van der Waals surface area contributed by atoms with Crippen molar-refractivity contribution in [2.75, 3.05) is 0 Å². The summed E-state index contributed by atoms with van der Waals surface area (Å²) in [7, 11) is 1.84. The van der Waals surface area contributed by atoms with E-state index in [4.69, 9.17) is 11.6 Å². The summed E-state index contributed by atoms with van der Waals surface area (Å²) in [6.07, 6.45) is 0. The first kappa shape index (κ1) is 18.2. The molecule has 0 spiro atoms. The number of hydrogen-bond acceptors (Lipinski definition) is 5. The zero-order valence-electron chi connectivity index (χ0n) is 14.3. The van der Waals surface area contributed by atoms with E-state index < -0.39 is 0 Å². The van der Waals surface area contributed by atoms with Gasteiger partial charge in [0.2, 0.25) is 0 Å². The number of hydrogen-bond donors (Lipinski definition) is 0. The molecule has 0 aliphatic heterocycles. The topological polar surface area (TPSA) is 43.6 Å². The minimum absolute atomic E-state index is 0.309. The number of aromatic nitrogens is 4. The molecule has 4 rings (SSSR count). The first-order chi connectivity index (χ1) is 13.1. The van der Waals surface area contributed by atoms with E-state index in [-0.39, 0.29) is 5.82 Å². The van der Waals surface area contributed by atoms with Crippen LogP contribution in [0.3, 0.4) is 0 Å². The summed E-state index contributed by atoms with van der Waals surface area (Å²) in [6, 6.07) is 14.2. The van der Waals surface area contributed by atoms with E-state index in [2.05, 4.69) is 15.2 Å². The lowest BCUT2D eigenvalue weighted by Gasteiger charge is -2.04. The van der Waals surface area contributed by atoms with Crippen LogP contribution in [0.5, 0.6) is 0 Å². The van der Waals surface area contributed by atoms with Crippen molar-refractivity contribution >= 4 is 34.7 Å². The van der Waals surface area contributed by atoms with Gasteiger partial charge in [0.1, 0.15) is 10.8 Å². The lowest BCUT2D eigenvalue weighted by Crippen LogP contribution is -1.96. The molecule has 0 fully saturated rings. The zero-order valence-corrected chi connectivity index (χ0v) is 16.7. The molecule has 0 bridgehead atoms. The van der Waals surface area contributed by atoms with Crippen molar-refractivity contribution < 1.29 is 4.39 Å². The van der Waals surface area contributed by atoms with E-state index in [9.17, 15) is 4.39 Å². The normalized spacial score (nSPS) is 11.1. The van der Waals surface area contributed by atoms with Crippen LogP contribution in [0.1, 0.15) is 5.69 Å². The fourth-order valence-corrected chi connectivity index (χ4v) is 4.42. The number of rotatable bonds is 5. The van der Waals surface area contributed by atoms with E-state index in [1.807, 2.05) is 36.7 Å². The molecule has 27 heavy (non-hydrogen) atoms. The summed E-state index contributed by atoms with van der Waals surface area (Å²) in [4.78, 5) is 4.67. The van der Waals surface area contributed by atoms with Gasteiger partial charge in [-0.3, -0.25) is 0 Å². The molecule has 8 heteroatoms. The second-order valence-corrected chi connectivity index (χ2v) is 8.02.